The minimum Gasteiger partial charge on any atom is -0.481 e. The van der Waals surface area contributed by atoms with Crippen LogP contribution in [0.25, 0.3) is 6.08 Å². The number of carboxylic acid groups (broad SMARTS) is 5. The highest BCUT2D eigenvalue weighted by molar-refractivity contribution is 5.82. The second-order valence-corrected chi connectivity index (χ2v) is 7.65. The van der Waals surface area contributed by atoms with Gasteiger partial charge in [0.1, 0.15) is 12.1 Å². The fourth-order valence-electron chi connectivity index (χ4n) is 3.41. The van der Waals surface area contributed by atoms with E-state index in [-0.39, 0.29) is 13.1 Å². The lowest BCUT2D eigenvalue weighted by Crippen LogP contribution is -2.51. The molecule has 0 spiro atoms. The van der Waals surface area contributed by atoms with Crippen molar-refractivity contribution in [3.8, 4) is 0 Å². The minimum absolute atomic E-state index is 0.372. The maximum atomic E-state index is 11.8. The lowest BCUT2D eigenvalue weighted by molar-refractivity contribution is -0.153. The first-order valence-electron chi connectivity index (χ1n) is 10.3. The Morgan fingerprint density at radius 2 is 1.23 bits per heavy atom. The zero-order valence-corrected chi connectivity index (χ0v) is 18.7. The molecule has 0 saturated carbocycles. The van der Waals surface area contributed by atoms with Crippen LogP contribution in [0.5, 0.6) is 0 Å². The third-order valence-corrected chi connectivity index (χ3v) is 5.16. The number of hydrogen-bond acceptors (Lipinski definition) is 8. The Labute approximate surface area is 200 Å². The number of nitrogens with zero attached hydrogens (tertiary/aromatic N) is 2. The van der Waals surface area contributed by atoms with Gasteiger partial charge in [0.25, 0.3) is 0 Å². The summed E-state index contributed by atoms with van der Waals surface area (Å²) in [4.78, 5) is 58.9. The summed E-state index contributed by atoms with van der Waals surface area (Å²) in [6, 6.07) is 3.07. The summed E-state index contributed by atoms with van der Waals surface area (Å²) in [7, 11) is 0. The maximum Gasteiger partial charge on any atom is 0.321 e. The largest absolute Gasteiger partial charge is 0.481 e. The van der Waals surface area contributed by atoms with Gasteiger partial charge in [-0.3, -0.25) is 33.8 Å². The molecule has 0 bridgehead atoms. The molecular weight excluding hydrogens is 468 g/mol. The predicted octanol–water partition coefficient (Wildman–Crippen LogP) is -0.0926. The topological polar surface area (TPSA) is 213 Å². The number of rotatable bonds is 17. The molecule has 0 heterocycles. The summed E-state index contributed by atoms with van der Waals surface area (Å²) in [5.41, 5.74) is 1.14. The molecule has 0 amide bonds. The van der Waals surface area contributed by atoms with E-state index in [4.69, 9.17) is 15.3 Å². The summed E-state index contributed by atoms with van der Waals surface area (Å²) in [5.74, 6) is -7.49. The molecule has 192 valence electrons. The molecule has 13 nitrogen and oxygen atoms in total. The molecular formula is C22H28N2O11. The third kappa shape index (κ3) is 9.92. The lowest BCUT2D eigenvalue weighted by Gasteiger charge is -2.33. The Hall–Kier alpha value is -3.81. The van der Waals surface area contributed by atoms with Crippen molar-refractivity contribution in [2.75, 3.05) is 26.2 Å². The van der Waals surface area contributed by atoms with Crippen LogP contribution in [0.3, 0.4) is 0 Å². The molecule has 0 aliphatic heterocycles. The summed E-state index contributed by atoms with van der Waals surface area (Å²) >= 11 is 0. The third-order valence-electron chi connectivity index (χ3n) is 5.16. The van der Waals surface area contributed by atoms with Crippen LogP contribution in [0.2, 0.25) is 0 Å². The highest BCUT2D eigenvalue weighted by Crippen LogP contribution is 2.19. The first-order chi connectivity index (χ1) is 16.3. The summed E-state index contributed by atoms with van der Waals surface area (Å²) in [6.45, 7) is 1.57. The van der Waals surface area contributed by atoms with Gasteiger partial charge in [0.2, 0.25) is 0 Å². The van der Waals surface area contributed by atoms with E-state index in [1.807, 2.05) is 0 Å². The zero-order valence-electron chi connectivity index (χ0n) is 18.7. The normalized spacial score (nSPS) is 13.7. The van der Waals surface area contributed by atoms with Crippen LogP contribution in [0.4, 0.5) is 0 Å². The van der Waals surface area contributed by atoms with Crippen molar-refractivity contribution in [2.24, 2.45) is 0 Å². The number of aliphatic hydroxyl groups is 1. The second kappa shape index (κ2) is 13.8. The molecule has 0 radical (unpaired) electrons. The molecule has 1 rings (SSSR count). The van der Waals surface area contributed by atoms with Crippen molar-refractivity contribution in [3.63, 3.8) is 0 Å². The van der Waals surface area contributed by atoms with Gasteiger partial charge in [-0.05, 0) is 11.1 Å². The number of aliphatic hydroxyl groups excluding tert-OH is 1. The minimum atomic E-state index is -1.73. The van der Waals surface area contributed by atoms with E-state index >= 15 is 0 Å². The average molecular weight is 496 g/mol. The highest BCUT2D eigenvalue weighted by atomic mass is 16.4. The van der Waals surface area contributed by atoms with Crippen LogP contribution in [-0.4, -0.2) is 109 Å². The molecule has 3 atom stereocenters. The van der Waals surface area contributed by atoms with E-state index in [1.165, 1.54) is 0 Å². The Bertz CT molecular complexity index is 932. The smallest absolute Gasteiger partial charge is 0.321 e. The number of hydrogen-bond donors (Lipinski definition) is 6. The molecule has 0 saturated heterocycles. The lowest BCUT2D eigenvalue weighted by atomic mass is 10.0. The van der Waals surface area contributed by atoms with Gasteiger partial charge in [-0.2, -0.15) is 0 Å². The van der Waals surface area contributed by atoms with Crippen molar-refractivity contribution < 1.29 is 54.6 Å². The SMILES string of the molecule is C=Cc1ccc(C(O)CN(CCN(CC(=O)O)C(CC(=O)O)C(=O)O)C(CC(=O)O)C(=O)O)cc1. The van der Waals surface area contributed by atoms with Gasteiger partial charge in [-0.1, -0.05) is 36.9 Å². The number of aliphatic carboxylic acids is 5. The van der Waals surface area contributed by atoms with Gasteiger partial charge in [0.15, 0.2) is 0 Å². The van der Waals surface area contributed by atoms with Gasteiger partial charge in [0.05, 0.1) is 25.5 Å². The van der Waals surface area contributed by atoms with Gasteiger partial charge < -0.3 is 30.6 Å². The van der Waals surface area contributed by atoms with Crippen LogP contribution in [-0.2, 0) is 24.0 Å². The second-order valence-electron chi connectivity index (χ2n) is 7.65. The molecule has 0 aliphatic rings. The fourth-order valence-corrected chi connectivity index (χ4v) is 3.41. The molecule has 1 aromatic rings. The number of carbonyl (C=O) groups is 5. The van der Waals surface area contributed by atoms with Crippen molar-refractivity contribution in [2.45, 2.75) is 31.0 Å². The Morgan fingerprint density at radius 3 is 1.63 bits per heavy atom. The summed E-state index contributed by atoms with van der Waals surface area (Å²) in [5, 5.41) is 57.0. The standard InChI is InChI=1S/C22H28N2O11/c1-2-13-3-5-14(6-4-13)17(25)11-23(15(21(32)33)9-18(26)27)7-8-24(12-20(30)31)16(22(34)35)10-19(28)29/h2-6,15-17,25H,1,7-12H2,(H,26,27)(H,28,29)(H,30,31)(H,32,33)(H,34,35). The molecule has 35 heavy (non-hydrogen) atoms. The molecule has 1 aromatic carbocycles. The van der Waals surface area contributed by atoms with Crippen LogP contribution >= 0.6 is 0 Å². The molecule has 0 aromatic heterocycles. The fraction of sp³-hybridized carbons (Fsp3) is 0.409. The Balaban J connectivity index is 3.23. The van der Waals surface area contributed by atoms with Crippen molar-refractivity contribution >= 4 is 35.9 Å². The number of carboxylic acids is 5. The van der Waals surface area contributed by atoms with Crippen LogP contribution in [0.1, 0.15) is 30.1 Å². The van der Waals surface area contributed by atoms with E-state index in [9.17, 15) is 39.3 Å². The first kappa shape index (κ1) is 29.2. The van der Waals surface area contributed by atoms with Crippen LogP contribution in [0.15, 0.2) is 30.8 Å². The Morgan fingerprint density at radius 1 is 0.771 bits per heavy atom. The first-order valence-corrected chi connectivity index (χ1v) is 10.3. The van der Waals surface area contributed by atoms with E-state index in [2.05, 4.69) is 6.58 Å². The summed E-state index contributed by atoms with van der Waals surface area (Å²) in [6.07, 6.45) is -1.47. The predicted molar refractivity (Wildman–Crippen MR) is 120 cm³/mol. The van der Waals surface area contributed by atoms with E-state index in [0.29, 0.717) is 5.56 Å². The average Bonchev–Trinajstić information content (AvgIpc) is 2.76. The highest BCUT2D eigenvalue weighted by Gasteiger charge is 2.33. The Kier molecular flexibility index (Phi) is 11.5. The van der Waals surface area contributed by atoms with E-state index in [1.54, 1.807) is 30.3 Å². The number of benzene rings is 1. The quantitative estimate of drug-likeness (QED) is 0.166. The van der Waals surface area contributed by atoms with Gasteiger partial charge in [0, 0.05) is 19.6 Å². The zero-order chi connectivity index (χ0) is 26.7. The van der Waals surface area contributed by atoms with Gasteiger partial charge >= 0.3 is 29.8 Å². The molecule has 0 fully saturated rings. The molecule has 13 heteroatoms. The summed E-state index contributed by atoms with van der Waals surface area (Å²) < 4.78 is 0. The van der Waals surface area contributed by atoms with E-state index in [0.717, 1.165) is 15.4 Å². The van der Waals surface area contributed by atoms with E-state index < -0.39 is 74.0 Å². The molecule has 3 unspecified atom stereocenters. The van der Waals surface area contributed by atoms with Crippen LogP contribution < -0.4 is 0 Å². The van der Waals surface area contributed by atoms with Crippen molar-refractivity contribution in [1.29, 1.82) is 0 Å². The monoisotopic (exact) mass is 496 g/mol. The molecule has 6 N–H and O–H groups in total. The molecule has 0 aliphatic carbocycles. The van der Waals surface area contributed by atoms with Crippen LogP contribution in [0, 0.1) is 0 Å². The van der Waals surface area contributed by atoms with Gasteiger partial charge in [-0.25, -0.2) is 0 Å². The maximum absolute atomic E-state index is 11.8. The van der Waals surface area contributed by atoms with Crippen molar-refractivity contribution in [1.82, 2.24) is 9.80 Å². The van der Waals surface area contributed by atoms with Crippen molar-refractivity contribution in [3.05, 3.63) is 42.0 Å². The van der Waals surface area contributed by atoms with Gasteiger partial charge in [-0.15, -0.1) is 0 Å².